The fourth-order valence-electron chi connectivity index (χ4n) is 1.22. The summed E-state index contributed by atoms with van der Waals surface area (Å²) in [6.07, 6.45) is 1.68. The lowest BCUT2D eigenvalue weighted by Gasteiger charge is -2.01. The molecule has 2 rings (SSSR count). The molecule has 1 aromatic heterocycles. The highest BCUT2D eigenvalue weighted by molar-refractivity contribution is 7.09. The summed E-state index contributed by atoms with van der Waals surface area (Å²) in [5, 5.41) is 8.25. The number of carbonyl (C=O) groups excluding carboxylic acids is 1. The van der Waals surface area contributed by atoms with Crippen molar-refractivity contribution in [2.24, 2.45) is 4.99 Å². The number of aromatic nitrogens is 1. The molecule has 1 fully saturated rings. The van der Waals surface area contributed by atoms with Gasteiger partial charge >= 0.3 is 0 Å². The second kappa shape index (κ2) is 3.75. The summed E-state index contributed by atoms with van der Waals surface area (Å²) < 4.78 is 0. The lowest BCUT2D eigenvalue weighted by molar-refractivity contribution is -0.120. The number of nitrogens with one attached hydrogen (secondary N) is 2. The number of guanidine groups is 1. The first-order chi connectivity index (χ1) is 6.81. The molecule has 1 amide bonds. The first-order valence-corrected chi connectivity index (χ1v) is 5.20. The van der Waals surface area contributed by atoms with Gasteiger partial charge in [-0.3, -0.25) is 15.1 Å². The summed E-state index contributed by atoms with van der Waals surface area (Å²) in [6.45, 7) is 2.56. The van der Waals surface area contributed by atoms with Gasteiger partial charge < -0.3 is 5.32 Å². The summed E-state index contributed by atoms with van der Waals surface area (Å²) in [6, 6.07) is -0.375. The minimum absolute atomic E-state index is 0.0906. The van der Waals surface area contributed by atoms with Crippen molar-refractivity contribution in [1.29, 1.82) is 0 Å². The molecule has 74 valence electrons. The zero-order chi connectivity index (χ0) is 9.97. The summed E-state index contributed by atoms with van der Waals surface area (Å²) in [5.41, 5.74) is 0. The molecular weight excluding hydrogens is 200 g/mol. The Bertz CT molecular complexity index is 359. The lowest BCUT2D eigenvalue weighted by Crippen LogP contribution is -2.25. The summed E-state index contributed by atoms with van der Waals surface area (Å²) in [4.78, 5) is 19.6. The first kappa shape index (κ1) is 9.14. The number of rotatable bonds is 2. The fourth-order valence-corrected chi connectivity index (χ4v) is 1.91. The van der Waals surface area contributed by atoms with E-state index in [2.05, 4.69) is 20.6 Å². The number of amides is 1. The third-order valence-electron chi connectivity index (χ3n) is 1.80. The van der Waals surface area contributed by atoms with Gasteiger partial charge in [-0.2, -0.15) is 0 Å². The number of hydrogen-bond donors (Lipinski definition) is 2. The normalized spacial score (nSPS) is 23.6. The third kappa shape index (κ3) is 1.60. The Morgan fingerprint density at radius 2 is 2.57 bits per heavy atom. The van der Waals surface area contributed by atoms with E-state index in [0.717, 1.165) is 5.01 Å². The van der Waals surface area contributed by atoms with E-state index in [1.165, 1.54) is 11.3 Å². The van der Waals surface area contributed by atoms with Crippen LogP contribution in [0.3, 0.4) is 0 Å². The molecule has 1 saturated heterocycles. The van der Waals surface area contributed by atoms with Crippen LogP contribution in [-0.4, -0.2) is 23.4 Å². The van der Waals surface area contributed by atoms with Crippen molar-refractivity contribution < 1.29 is 4.79 Å². The second-order valence-electron chi connectivity index (χ2n) is 2.76. The van der Waals surface area contributed by atoms with Crippen LogP contribution in [0.25, 0.3) is 0 Å². The maximum atomic E-state index is 11.5. The fraction of sp³-hybridized carbons (Fsp3) is 0.375. The molecule has 2 heterocycles. The van der Waals surface area contributed by atoms with Gasteiger partial charge in [-0.1, -0.05) is 0 Å². The first-order valence-electron chi connectivity index (χ1n) is 4.32. The highest BCUT2D eigenvalue weighted by Crippen LogP contribution is 2.18. The van der Waals surface area contributed by atoms with E-state index in [9.17, 15) is 4.79 Å². The van der Waals surface area contributed by atoms with Gasteiger partial charge in [0.2, 0.25) is 0 Å². The maximum Gasteiger partial charge on any atom is 0.256 e. The standard InChI is InChI=1S/C8H10N4OS/c1-2-9-8-11-5(6(13)12-8)7-10-3-4-14-7/h3-5H,2H2,1H3,(H2,9,11,12,13). The SMILES string of the molecule is CCN=C1NC(=O)C(c2nccs2)N1. The molecule has 0 bridgehead atoms. The van der Waals surface area contributed by atoms with Crippen LogP contribution in [0.4, 0.5) is 0 Å². The van der Waals surface area contributed by atoms with E-state index in [-0.39, 0.29) is 11.9 Å². The number of nitrogens with zero attached hydrogens (tertiary/aromatic N) is 2. The van der Waals surface area contributed by atoms with Crippen molar-refractivity contribution in [2.75, 3.05) is 6.54 Å². The average Bonchev–Trinajstić information content (AvgIpc) is 2.74. The molecule has 0 aromatic carbocycles. The van der Waals surface area contributed by atoms with Crippen molar-refractivity contribution in [3.05, 3.63) is 16.6 Å². The van der Waals surface area contributed by atoms with Gasteiger partial charge in [0.05, 0.1) is 0 Å². The van der Waals surface area contributed by atoms with Gasteiger partial charge in [-0.05, 0) is 6.92 Å². The largest absolute Gasteiger partial charge is 0.338 e. The average molecular weight is 210 g/mol. The van der Waals surface area contributed by atoms with Crippen molar-refractivity contribution in [1.82, 2.24) is 15.6 Å². The van der Waals surface area contributed by atoms with Gasteiger partial charge in [0.25, 0.3) is 5.91 Å². The van der Waals surface area contributed by atoms with Crippen LogP contribution in [0.2, 0.25) is 0 Å². The van der Waals surface area contributed by atoms with Gasteiger partial charge in [0.1, 0.15) is 5.01 Å². The Kier molecular flexibility index (Phi) is 2.45. The van der Waals surface area contributed by atoms with E-state index < -0.39 is 0 Å². The van der Waals surface area contributed by atoms with Crippen molar-refractivity contribution >= 4 is 23.2 Å². The summed E-state index contributed by atoms with van der Waals surface area (Å²) in [7, 11) is 0. The summed E-state index contributed by atoms with van der Waals surface area (Å²) >= 11 is 1.45. The lowest BCUT2D eigenvalue weighted by atomic mass is 10.3. The topological polar surface area (TPSA) is 66.4 Å². The smallest absolute Gasteiger partial charge is 0.256 e. The van der Waals surface area contributed by atoms with E-state index in [0.29, 0.717) is 12.5 Å². The Hall–Kier alpha value is -1.43. The predicted molar refractivity (Wildman–Crippen MR) is 54.1 cm³/mol. The zero-order valence-corrected chi connectivity index (χ0v) is 8.47. The molecule has 0 radical (unpaired) electrons. The van der Waals surface area contributed by atoms with Gasteiger partial charge in [-0.15, -0.1) is 11.3 Å². The Labute approximate surface area is 85.3 Å². The van der Waals surface area contributed by atoms with Crippen LogP contribution < -0.4 is 10.6 Å². The molecule has 0 spiro atoms. The molecule has 2 N–H and O–H groups in total. The summed E-state index contributed by atoms with van der Waals surface area (Å²) in [5.74, 6) is 0.449. The number of hydrogen-bond acceptors (Lipinski definition) is 4. The molecule has 1 atom stereocenters. The van der Waals surface area contributed by atoms with Crippen LogP contribution >= 0.6 is 11.3 Å². The molecule has 6 heteroatoms. The molecule has 1 unspecified atom stereocenters. The van der Waals surface area contributed by atoms with E-state index >= 15 is 0 Å². The molecule has 14 heavy (non-hydrogen) atoms. The van der Waals surface area contributed by atoms with Crippen LogP contribution in [0.1, 0.15) is 18.0 Å². The molecule has 1 aliphatic heterocycles. The Morgan fingerprint density at radius 3 is 3.21 bits per heavy atom. The van der Waals surface area contributed by atoms with Crippen molar-refractivity contribution in [3.63, 3.8) is 0 Å². The van der Waals surface area contributed by atoms with Crippen molar-refractivity contribution in [2.45, 2.75) is 13.0 Å². The van der Waals surface area contributed by atoms with Crippen LogP contribution in [0.15, 0.2) is 16.6 Å². The molecule has 1 aromatic rings. The molecule has 5 nitrogen and oxygen atoms in total. The van der Waals surface area contributed by atoms with Gasteiger partial charge in [-0.25, -0.2) is 4.98 Å². The highest BCUT2D eigenvalue weighted by atomic mass is 32.1. The third-order valence-corrected chi connectivity index (χ3v) is 2.64. The number of carbonyl (C=O) groups is 1. The van der Waals surface area contributed by atoms with E-state index in [4.69, 9.17) is 0 Å². The van der Waals surface area contributed by atoms with E-state index in [1.54, 1.807) is 6.20 Å². The molecule has 0 saturated carbocycles. The Morgan fingerprint density at radius 1 is 1.71 bits per heavy atom. The predicted octanol–water partition coefficient (Wildman–Crippen LogP) is 0.279. The minimum atomic E-state index is -0.375. The number of aliphatic imine (C=N–C) groups is 1. The van der Waals surface area contributed by atoms with E-state index in [1.807, 2.05) is 12.3 Å². The van der Waals surface area contributed by atoms with Gasteiger partial charge in [0.15, 0.2) is 12.0 Å². The quantitative estimate of drug-likeness (QED) is 0.736. The monoisotopic (exact) mass is 210 g/mol. The van der Waals surface area contributed by atoms with Crippen LogP contribution in [0.5, 0.6) is 0 Å². The molecular formula is C8H10N4OS. The second-order valence-corrected chi connectivity index (χ2v) is 3.69. The van der Waals surface area contributed by atoms with Gasteiger partial charge in [0, 0.05) is 18.1 Å². The minimum Gasteiger partial charge on any atom is -0.338 e. The van der Waals surface area contributed by atoms with Crippen LogP contribution in [-0.2, 0) is 4.79 Å². The zero-order valence-electron chi connectivity index (χ0n) is 7.65. The van der Waals surface area contributed by atoms with Crippen molar-refractivity contribution in [3.8, 4) is 0 Å². The van der Waals surface area contributed by atoms with Crippen LogP contribution in [0, 0.1) is 0 Å². The Balaban J connectivity index is 2.17. The maximum absolute atomic E-state index is 11.5. The molecule has 0 aliphatic carbocycles. The number of thiazole rings is 1. The molecule has 1 aliphatic rings. The highest BCUT2D eigenvalue weighted by Gasteiger charge is 2.31.